The van der Waals surface area contributed by atoms with Crippen molar-refractivity contribution in [3.63, 3.8) is 0 Å². The predicted molar refractivity (Wildman–Crippen MR) is 126 cm³/mol. The van der Waals surface area contributed by atoms with Crippen LogP contribution in [0.25, 0.3) is 0 Å². The van der Waals surface area contributed by atoms with Gasteiger partial charge in [0.25, 0.3) is 0 Å². The van der Waals surface area contributed by atoms with Gasteiger partial charge in [-0.3, -0.25) is 4.99 Å². The molecule has 8 heteroatoms. The van der Waals surface area contributed by atoms with Gasteiger partial charge >= 0.3 is 0 Å². The summed E-state index contributed by atoms with van der Waals surface area (Å²) in [5.74, 6) is 2.50. The van der Waals surface area contributed by atoms with Crippen molar-refractivity contribution in [2.24, 2.45) is 4.99 Å². The van der Waals surface area contributed by atoms with Crippen molar-refractivity contribution in [2.75, 3.05) is 32.1 Å². The lowest BCUT2D eigenvalue weighted by Crippen LogP contribution is -2.44. The minimum Gasteiger partial charge on any atom is -0.497 e. The van der Waals surface area contributed by atoms with Crippen molar-refractivity contribution >= 4 is 47.4 Å². The normalized spacial score (nSPS) is 16.5. The number of rotatable bonds is 5. The largest absolute Gasteiger partial charge is 0.497 e. The number of guanidine groups is 1. The number of anilines is 1. The Morgan fingerprint density at radius 3 is 2.93 bits per heavy atom. The number of benzene rings is 1. The fourth-order valence-corrected chi connectivity index (χ4v) is 3.54. The summed E-state index contributed by atoms with van der Waals surface area (Å²) in [6.45, 7) is 4.51. The Kier molecular flexibility index (Phi) is 8.62. The van der Waals surface area contributed by atoms with Crippen LogP contribution >= 0.6 is 35.6 Å². The van der Waals surface area contributed by atoms with Crippen LogP contribution in [0.2, 0.25) is 5.02 Å². The molecule has 1 aliphatic heterocycles. The molecular weight excluding hydrogens is 489 g/mol. The summed E-state index contributed by atoms with van der Waals surface area (Å²) in [7, 11) is 3.47. The number of aliphatic imine (C=N–C) groups is 1. The minimum atomic E-state index is 0. The molecule has 28 heavy (non-hydrogen) atoms. The average molecular weight is 516 g/mol. The Balaban J connectivity index is 0.00000280. The number of halogens is 2. The summed E-state index contributed by atoms with van der Waals surface area (Å²) in [4.78, 5) is 11.0. The number of hydrogen-bond donors (Lipinski definition) is 2. The standard InChI is InChI=1S/C20H26ClN5O.HI/c1-14-9-15(11-17(10-14)27-3)12-24-20(22-2)25-16-6-8-26(13-16)19-18(21)5-4-7-23-19;/h4-5,7,9-11,16H,6,8,12-13H2,1-3H3,(H2,22,24,25);1H. The van der Waals surface area contributed by atoms with Gasteiger partial charge in [-0.05, 0) is 48.7 Å². The second kappa shape index (κ2) is 10.7. The van der Waals surface area contributed by atoms with Crippen LogP contribution < -0.4 is 20.3 Å². The smallest absolute Gasteiger partial charge is 0.191 e. The van der Waals surface area contributed by atoms with Crippen molar-refractivity contribution in [1.29, 1.82) is 0 Å². The zero-order valence-corrected chi connectivity index (χ0v) is 19.5. The van der Waals surface area contributed by atoms with Gasteiger partial charge in [0.2, 0.25) is 0 Å². The number of nitrogens with one attached hydrogen (secondary N) is 2. The summed E-state index contributed by atoms with van der Waals surface area (Å²) in [5, 5.41) is 7.56. The lowest BCUT2D eigenvalue weighted by Gasteiger charge is -2.20. The van der Waals surface area contributed by atoms with E-state index in [4.69, 9.17) is 16.3 Å². The minimum absolute atomic E-state index is 0. The van der Waals surface area contributed by atoms with Crippen molar-refractivity contribution in [3.8, 4) is 5.75 Å². The third-order valence-electron chi connectivity index (χ3n) is 4.60. The average Bonchev–Trinajstić information content (AvgIpc) is 3.13. The molecule has 1 aromatic carbocycles. The summed E-state index contributed by atoms with van der Waals surface area (Å²) >= 11 is 6.27. The quantitative estimate of drug-likeness (QED) is 0.362. The molecule has 2 N–H and O–H groups in total. The first-order chi connectivity index (χ1) is 13.1. The number of hydrogen-bond acceptors (Lipinski definition) is 4. The molecular formula is C20H27ClIN5O. The predicted octanol–water partition coefficient (Wildman–Crippen LogP) is 3.61. The van der Waals surface area contributed by atoms with Gasteiger partial charge in [-0.2, -0.15) is 0 Å². The van der Waals surface area contributed by atoms with Crippen LogP contribution in [0.3, 0.4) is 0 Å². The Hall–Kier alpha value is -1.74. The van der Waals surface area contributed by atoms with Gasteiger partial charge in [-0.25, -0.2) is 4.98 Å². The highest BCUT2D eigenvalue weighted by molar-refractivity contribution is 14.0. The van der Waals surface area contributed by atoms with Gasteiger partial charge in [0.05, 0.1) is 12.1 Å². The van der Waals surface area contributed by atoms with Crippen LogP contribution in [-0.2, 0) is 6.54 Å². The first-order valence-electron chi connectivity index (χ1n) is 9.06. The van der Waals surface area contributed by atoms with Crippen LogP contribution in [0.4, 0.5) is 5.82 Å². The van der Waals surface area contributed by atoms with Gasteiger partial charge < -0.3 is 20.3 Å². The molecule has 0 spiro atoms. The second-order valence-corrected chi connectivity index (χ2v) is 7.08. The zero-order chi connectivity index (χ0) is 19.2. The molecule has 3 rings (SSSR count). The molecule has 1 aliphatic rings. The number of ether oxygens (including phenoxy) is 1. The molecule has 0 bridgehead atoms. The third-order valence-corrected chi connectivity index (χ3v) is 4.89. The van der Waals surface area contributed by atoms with E-state index in [0.717, 1.165) is 42.6 Å². The van der Waals surface area contributed by atoms with E-state index >= 15 is 0 Å². The maximum absolute atomic E-state index is 6.27. The molecule has 2 aromatic rings. The third kappa shape index (κ3) is 5.88. The Labute approximate surface area is 188 Å². The molecule has 1 saturated heterocycles. The lowest BCUT2D eigenvalue weighted by molar-refractivity contribution is 0.414. The van der Waals surface area contributed by atoms with E-state index in [1.54, 1.807) is 20.4 Å². The van der Waals surface area contributed by atoms with Gasteiger partial charge in [0.15, 0.2) is 5.96 Å². The molecule has 1 unspecified atom stereocenters. The summed E-state index contributed by atoms with van der Waals surface area (Å²) in [6, 6.07) is 10.2. The first-order valence-corrected chi connectivity index (χ1v) is 9.44. The highest BCUT2D eigenvalue weighted by atomic mass is 127. The van der Waals surface area contributed by atoms with Gasteiger partial charge in [0, 0.05) is 38.9 Å². The van der Waals surface area contributed by atoms with Crippen LogP contribution in [0.5, 0.6) is 5.75 Å². The lowest BCUT2D eigenvalue weighted by atomic mass is 10.1. The molecule has 1 atom stereocenters. The van der Waals surface area contributed by atoms with Crippen LogP contribution in [0, 0.1) is 6.92 Å². The fourth-order valence-electron chi connectivity index (χ4n) is 3.30. The van der Waals surface area contributed by atoms with E-state index in [1.807, 2.05) is 24.3 Å². The second-order valence-electron chi connectivity index (χ2n) is 6.67. The Bertz CT molecular complexity index is 817. The van der Waals surface area contributed by atoms with E-state index < -0.39 is 0 Å². The van der Waals surface area contributed by atoms with E-state index in [2.05, 4.69) is 38.5 Å². The number of methoxy groups -OCH3 is 1. The maximum Gasteiger partial charge on any atom is 0.191 e. The molecule has 1 fully saturated rings. The van der Waals surface area contributed by atoms with Crippen LogP contribution in [0.1, 0.15) is 17.5 Å². The van der Waals surface area contributed by atoms with Crippen molar-refractivity contribution in [2.45, 2.75) is 25.9 Å². The fraction of sp³-hybridized carbons (Fsp3) is 0.400. The molecule has 6 nitrogen and oxygen atoms in total. The maximum atomic E-state index is 6.27. The summed E-state index contributed by atoms with van der Waals surface area (Å²) in [6.07, 6.45) is 2.78. The van der Waals surface area contributed by atoms with Crippen LogP contribution in [-0.4, -0.2) is 44.2 Å². The topological polar surface area (TPSA) is 61.8 Å². The van der Waals surface area contributed by atoms with Gasteiger partial charge in [0.1, 0.15) is 11.6 Å². The summed E-state index contributed by atoms with van der Waals surface area (Å²) < 4.78 is 5.34. The zero-order valence-electron chi connectivity index (χ0n) is 16.4. The monoisotopic (exact) mass is 515 g/mol. The highest BCUT2D eigenvalue weighted by Crippen LogP contribution is 2.25. The molecule has 1 aromatic heterocycles. The van der Waals surface area contributed by atoms with Crippen LogP contribution in [0.15, 0.2) is 41.5 Å². The SMILES string of the molecule is CN=C(NCc1cc(C)cc(OC)c1)NC1CCN(c2ncccc2Cl)C1.I. The van der Waals surface area contributed by atoms with E-state index in [0.29, 0.717) is 17.6 Å². The van der Waals surface area contributed by atoms with Crippen molar-refractivity contribution in [1.82, 2.24) is 15.6 Å². The number of aryl methyl sites for hydroxylation is 1. The van der Waals surface area contributed by atoms with Crippen molar-refractivity contribution in [3.05, 3.63) is 52.7 Å². The highest BCUT2D eigenvalue weighted by Gasteiger charge is 2.25. The van der Waals surface area contributed by atoms with Gasteiger partial charge in [-0.15, -0.1) is 24.0 Å². The Morgan fingerprint density at radius 1 is 1.39 bits per heavy atom. The molecule has 0 amide bonds. The molecule has 0 saturated carbocycles. The molecule has 2 heterocycles. The van der Waals surface area contributed by atoms with Gasteiger partial charge in [-0.1, -0.05) is 17.7 Å². The number of pyridine rings is 1. The Morgan fingerprint density at radius 2 is 2.21 bits per heavy atom. The van der Waals surface area contributed by atoms with E-state index in [1.165, 1.54) is 5.56 Å². The first kappa shape index (κ1) is 22.5. The summed E-state index contributed by atoms with van der Waals surface area (Å²) in [5.41, 5.74) is 2.33. The molecule has 152 valence electrons. The molecule has 0 radical (unpaired) electrons. The number of aromatic nitrogens is 1. The number of nitrogens with zero attached hydrogens (tertiary/aromatic N) is 3. The molecule has 0 aliphatic carbocycles. The van der Waals surface area contributed by atoms with E-state index in [9.17, 15) is 0 Å². The van der Waals surface area contributed by atoms with E-state index in [-0.39, 0.29) is 24.0 Å². The van der Waals surface area contributed by atoms with Crippen molar-refractivity contribution < 1.29 is 4.74 Å².